The summed E-state index contributed by atoms with van der Waals surface area (Å²) in [5, 5.41) is 10.1. The lowest BCUT2D eigenvalue weighted by atomic mass is 10.1. The van der Waals surface area contributed by atoms with Crippen molar-refractivity contribution in [1.82, 2.24) is 10.2 Å². The van der Waals surface area contributed by atoms with E-state index in [0.29, 0.717) is 9.72 Å². The van der Waals surface area contributed by atoms with Crippen LogP contribution in [0.1, 0.15) is 0 Å². The Kier molecular flexibility index (Phi) is 2.46. The third kappa shape index (κ3) is 1.75. The first kappa shape index (κ1) is 10.5. The number of rotatable bonds is 1. The quantitative estimate of drug-likeness (QED) is 0.731. The normalized spacial score (nSPS) is 10.9. The lowest BCUT2D eigenvalue weighted by Crippen LogP contribution is -2.07. The number of nitrogens with zero attached hydrogens (tertiary/aromatic N) is 1. The zero-order valence-corrected chi connectivity index (χ0v) is 10.2. The van der Waals surface area contributed by atoms with E-state index in [4.69, 9.17) is 11.6 Å². The maximum atomic E-state index is 11.5. The van der Waals surface area contributed by atoms with Crippen molar-refractivity contribution in [3.8, 4) is 11.3 Å². The Labute approximate surface area is 106 Å². The summed E-state index contributed by atoms with van der Waals surface area (Å²) in [5.41, 5.74) is 1.57. The maximum Gasteiger partial charge on any atom is 0.282 e. The van der Waals surface area contributed by atoms with Crippen LogP contribution in [0.4, 0.5) is 0 Å². The number of hydrogen-bond donors (Lipinski definition) is 1. The van der Waals surface area contributed by atoms with Crippen molar-refractivity contribution in [2.45, 2.75) is 0 Å². The first-order valence-corrected chi connectivity index (χ1v) is 6.23. The third-order valence-corrected chi connectivity index (χ3v) is 3.68. The Morgan fingerprint density at radius 1 is 1.18 bits per heavy atom. The summed E-state index contributed by atoms with van der Waals surface area (Å²) in [6.45, 7) is 0. The SMILES string of the molecule is O=c1[nH]nc(-c2ccc(Cl)cc2)c2ccsc12. The van der Waals surface area contributed by atoms with Gasteiger partial charge in [0, 0.05) is 16.0 Å². The molecule has 3 aromatic rings. The summed E-state index contributed by atoms with van der Waals surface area (Å²) in [7, 11) is 0. The number of halogens is 1. The molecule has 84 valence electrons. The topological polar surface area (TPSA) is 45.8 Å². The van der Waals surface area contributed by atoms with Gasteiger partial charge < -0.3 is 0 Å². The van der Waals surface area contributed by atoms with Gasteiger partial charge in [0.05, 0.1) is 5.69 Å². The van der Waals surface area contributed by atoms with Gasteiger partial charge >= 0.3 is 0 Å². The Morgan fingerprint density at radius 2 is 1.94 bits per heavy atom. The van der Waals surface area contributed by atoms with Crippen LogP contribution in [0.5, 0.6) is 0 Å². The highest BCUT2D eigenvalue weighted by atomic mass is 35.5. The monoisotopic (exact) mass is 262 g/mol. The number of nitrogens with one attached hydrogen (secondary N) is 1. The fourth-order valence-corrected chi connectivity index (χ4v) is 2.63. The third-order valence-electron chi connectivity index (χ3n) is 2.51. The summed E-state index contributed by atoms with van der Waals surface area (Å²) in [4.78, 5) is 11.5. The smallest absolute Gasteiger partial charge is 0.266 e. The van der Waals surface area contributed by atoms with E-state index >= 15 is 0 Å². The number of thiophene rings is 1. The number of aromatic amines is 1. The van der Waals surface area contributed by atoms with E-state index in [0.717, 1.165) is 16.6 Å². The predicted molar refractivity (Wildman–Crippen MR) is 70.7 cm³/mol. The summed E-state index contributed by atoms with van der Waals surface area (Å²) in [6, 6.07) is 9.30. The number of hydrogen-bond acceptors (Lipinski definition) is 3. The number of aromatic nitrogens is 2. The molecule has 2 aromatic heterocycles. The van der Waals surface area contributed by atoms with Crippen molar-refractivity contribution in [2.24, 2.45) is 0 Å². The van der Waals surface area contributed by atoms with E-state index in [1.165, 1.54) is 11.3 Å². The molecule has 1 aromatic carbocycles. The molecule has 2 heterocycles. The van der Waals surface area contributed by atoms with E-state index in [2.05, 4.69) is 10.2 Å². The second kappa shape index (κ2) is 3.98. The van der Waals surface area contributed by atoms with Gasteiger partial charge in [-0.15, -0.1) is 11.3 Å². The molecule has 3 nitrogen and oxygen atoms in total. The molecule has 17 heavy (non-hydrogen) atoms. The first-order valence-electron chi connectivity index (χ1n) is 4.97. The second-order valence-electron chi connectivity index (χ2n) is 3.57. The fourth-order valence-electron chi connectivity index (χ4n) is 1.72. The van der Waals surface area contributed by atoms with Crippen molar-refractivity contribution >= 4 is 33.0 Å². The van der Waals surface area contributed by atoms with Gasteiger partial charge in [0.2, 0.25) is 0 Å². The predicted octanol–water partition coefficient (Wildman–Crippen LogP) is 3.31. The molecule has 0 atom stereocenters. The molecule has 0 aliphatic carbocycles. The minimum Gasteiger partial charge on any atom is -0.266 e. The van der Waals surface area contributed by atoms with Gasteiger partial charge in [-0.2, -0.15) is 5.10 Å². The average Bonchev–Trinajstić information content (AvgIpc) is 2.81. The molecule has 0 spiro atoms. The van der Waals surface area contributed by atoms with Crippen molar-refractivity contribution in [3.63, 3.8) is 0 Å². The Balaban J connectivity index is 2.31. The Bertz CT molecular complexity index is 730. The van der Waals surface area contributed by atoms with Crippen LogP contribution < -0.4 is 5.56 Å². The van der Waals surface area contributed by atoms with Gasteiger partial charge in [0.25, 0.3) is 5.56 Å². The lowest BCUT2D eigenvalue weighted by Gasteiger charge is -2.01. The largest absolute Gasteiger partial charge is 0.282 e. The molecule has 0 radical (unpaired) electrons. The van der Waals surface area contributed by atoms with Gasteiger partial charge in [-0.05, 0) is 23.6 Å². The molecule has 0 amide bonds. The Morgan fingerprint density at radius 3 is 2.71 bits per heavy atom. The molecule has 5 heteroatoms. The fraction of sp³-hybridized carbons (Fsp3) is 0. The van der Waals surface area contributed by atoms with Crippen LogP contribution in [0.15, 0.2) is 40.5 Å². The number of benzene rings is 1. The molecule has 0 saturated carbocycles. The van der Waals surface area contributed by atoms with E-state index in [1.54, 1.807) is 0 Å². The zero-order valence-electron chi connectivity index (χ0n) is 8.61. The first-order chi connectivity index (χ1) is 8.25. The van der Waals surface area contributed by atoms with Crippen LogP contribution in [0.2, 0.25) is 5.02 Å². The Hall–Kier alpha value is -1.65. The highest BCUT2D eigenvalue weighted by molar-refractivity contribution is 7.17. The van der Waals surface area contributed by atoms with Gasteiger partial charge in [0.15, 0.2) is 0 Å². The van der Waals surface area contributed by atoms with Crippen LogP contribution in [-0.4, -0.2) is 10.2 Å². The van der Waals surface area contributed by atoms with Gasteiger partial charge in [-0.1, -0.05) is 23.7 Å². The number of fused-ring (bicyclic) bond motifs is 1. The summed E-state index contributed by atoms with van der Waals surface area (Å²) in [5.74, 6) is 0. The molecular weight excluding hydrogens is 256 g/mol. The molecule has 0 fully saturated rings. The van der Waals surface area contributed by atoms with Gasteiger partial charge in [-0.25, -0.2) is 5.10 Å². The van der Waals surface area contributed by atoms with E-state index in [1.807, 2.05) is 35.7 Å². The van der Waals surface area contributed by atoms with Crippen LogP contribution in [0.3, 0.4) is 0 Å². The van der Waals surface area contributed by atoms with Crippen molar-refractivity contribution in [2.75, 3.05) is 0 Å². The highest BCUT2D eigenvalue weighted by Crippen LogP contribution is 2.27. The molecule has 3 rings (SSSR count). The van der Waals surface area contributed by atoms with Crippen molar-refractivity contribution in [3.05, 3.63) is 51.1 Å². The summed E-state index contributed by atoms with van der Waals surface area (Å²) >= 11 is 7.26. The molecule has 0 bridgehead atoms. The summed E-state index contributed by atoms with van der Waals surface area (Å²) in [6.07, 6.45) is 0. The average molecular weight is 263 g/mol. The summed E-state index contributed by atoms with van der Waals surface area (Å²) < 4.78 is 0.699. The standard InChI is InChI=1S/C12H7ClN2OS/c13-8-3-1-7(2-4-8)10-9-5-6-17-11(9)12(16)15-14-10/h1-6H,(H,15,16). The zero-order chi connectivity index (χ0) is 11.8. The highest BCUT2D eigenvalue weighted by Gasteiger charge is 2.09. The van der Waals surface area contributed by atoms with E-state index < -0.39 is 0 Å². The minimum atomic E-state index is -0.146. The van der Waals surface area contributed by atoms with E-state index in [9.17, 15) is 4.79 Å². The van der Waals surface area contributed by atoms with E-state index in [-0.39, 0.29) is 5.56 Å². The molecule has 0 unspecified atom stereocenters. The van der Waals surface area contributed by atoms with Crippen molar-refractivity contribution < 1.29 is 0 Å². The molecular formula is C12H7ClN2OS. The number of H-pyrrole nitrogens is 1. The van der Waals surface area contributed by atoms with Crippen LogP contribution in [0, 0.1) is 0 Å². The lowest BCUT2D eigenvalue weighted by molar-refractivity contribution is 1.02. The van der Waals surface area contributed by atoms with Crippen LogP contribution in [0.25, 0.3) is 21.3 Å². The van der Waals surface area contributed by atoms with Gasteiger partial charge in [-0.3, -0.25) is 4.79 Å². The van der Waals surface area contributed by atoms with Crippen LogP contribution in [-0.2, 0) is 0 Å². The molecule has 0 aliphatic heterocycles. The van der Waals surface area contributed by atoms with Gasteiger partial charge in [0.1, 0.15) is 4.70 Å². The molecule has 0 aliphatic rings. The molecule has 1 N–H and O–H groups in total. The molecule has 0 saturated heterocycles. The second-order valence-corrected chi connectivity index (χ2v) is 4.92. The maximum absolute atomic E-state index is 11.5. The van der Waals surface area contributed by atoms with Crippen LogP contribution >= 0.6 is 22.9 Å². The van der Waals surface area contributed by atoms with Crippen molar-refractivity contribution in [1.29, 1.82) is 0 Å². The minimum absolute atomic E-state index is 0.146.